The van der Waals surface area contributed by atoms with Gasteiger partial charge in [-0.05, 0) is 73.3 Å². The molecule has 2 aromatic rings. The number of nitrogens with zero attached hydrogens (tertiary/aromatic N) is 2. The minimum Gasteiger partial charge on any atom is -0.469 e. The first-order valence-corrected chi connectivity index (χ1v) is 10.2. The molecule has 0 aliphatic carbocycles. The Bertz CT molecular complexity index is 901. The Labute approximate surface area is 183 Å². The summed E-state index contributed by atoms with van der Waals surface area (Å²) >= 11 is 0. The van der Waals surface area contributed by atoms with Crippen LogP contribution in [0.5, 0.6) is 0 Å². The molecular weight excluding hydrogens is 402 g/mol. The van der Waals surface area contributed by atoms with Crippen LogP contribution in [0.2, 0.25) is 0 Å². The SMILES string of the molecule is COC(=O)CCc1ccc(N2CCN(c3ccc4c(c3)CCNCC4)C2=O)cc1.Cl. The van der Waals surface area contributed by atoms with Crippen molar-refractivity contribution >= 4 is 35.8 Å². The summed E-state index contributed by atoms with van der Waals surface area (Å²) in [6.45, 7) is 3.34. The lowest BCUT2D eigenvalue weighted by Crippen LogP contribution is -2.31. The number of halogens is 1. The third-order valence-electron chi connectivity index (χ3n) is 5.75. The number of aryl methyl sites for hydroxylation is 1. The lowest BCUT2D eigenvalue weighted by Gasteiger charge is -2.20. The summed E-state index contributed by atoms with van der Waals surface area (Å²) in [6.07, 6.45) is 3.04. The number of benzene rings is 2. The van der Waals surface area contributed by atoms with Crippen molar-refractivity contribution in [2.75, 3.05) is 43.1 Å². The number of carbonyl (C=O) groups is 2. The molecule has 7 heteroatoms. The van der Waals surface area contributed by atoms with E-state index in [0.29, 0.717) is 25.9 Å². The Morgan fingerprint density at radius 3 is 2.30 bits per heavy atom. The molecular formula is C23H28ClN3O3. The Balaban J connectivity index is 0.00000256. The number of fused-ring (bicyclic) bond motifs is 1. The van der Waals surface area contributed by atoms with Gasteiger partial charge in [0, 0.05) is 30.9 Å². The summed E-state index contributed by atoms with van der Waals surface area (Å²) in [7, 11) is 1.40. The van der Waals surface area contributed by atoms with Crippen LogP contribution >= 0.6 is 12.4 Å². The molecule has 2 heterocycles. The largest absolute Gasteiger partial charge is 0.469 e. The van der Waals surface area contributed by atoms with Crippen molar-refractivity contribution in [3.8, 4) is 0 Å². The Hall–Kier alpha value is -2.57. The maximum absolute atomic E-state index is 13.1. The van der Waals surface area contributed by atoms with Gasteiger partial charge in [-0.1, -0.05) is 18.2 Å². The third-order valence-corrected chi connectivity index (χ3v) is 5.75. The van der Waals surface area contributed by atoms with E-state index in [4.69, 9.17) is 0 Å². The van der Waals surface area contributed by atoms with Crippen LogP contribution in [-0.2, 0) is 28.8 Å². The van der Waals surface area contributed by atoms with E-state index >= 15 is 0 Å². The summed E-state index contributed by atoms with van der Waals surface area (Å²) < 4.78 is 4.69. The molecule has 30 heavy (non-hydrogen) atoms. The van der Waals surface area contributed by atoms with Crippen molar-refractivity contribution in [3.05, 3.63) is 59.2 Å². The van der Waals surface area contributed by atoms with Crippen LogP contribution in [0.15, 0.2) is 42.5 Å². The van der Waals surface area contributed by atoms with Crippen LogP contribution in [0.1, 0.15) is 23.1 Å². The fraction of sp³-hybridized carbons (Fsp3) is 0.391. The molecule has 2 amide bonds. The maximum atomic E-state index is 13.1. The molecule has 6 nitrogen and oxygen atoms in total. The number of esters is 1. The average Bonchev–Trinajstić information content (AvgIpc) is 2.98. The van der Waals surface area contributed by atoms with Gasteiger partial charge in [0.05, 0.1) is 7.11 Å². The fourth-order valence-corrected chi connectivity index (χ4v) is 4.04. The van der Waals surface area contributed by atoms with Gasteiger partial charge in [0.1, 0.15) is 0 Å². The zero-order valence-electron chi connectivity index (χ0n) is 17.2. The second-order valence-corrected chi connectivity index (χ2v) is 7.53. The second-order valence-electron chi connectivity index (χ2n) is 7.53. The Morgan fingerprint density at radius 2 is 1.60 bits per heavy atom. The average molecular weight is 430 g/mol. The molecule has 1 fully saturated rings. The number of amides is 2. The topological polar surface area (TPSA) is 61.9 Å². The second kappa shape index (κ2) is 9.96. The summed E-state index contributed by atoms with van der Waals surface area (Å²) in [4.78, 5) is 28.0. The van der Waals surface area contributed by atoms with Crippen molar-refractivity contribution in [2.24, 2.45) is 0 Å². The quantitative estimate of drug-likeness (QED) is 0.740. The van der Waals surface area contributed by atoms with Gasteiger partial charge in [-0.3, -0.25) is 14.6 Å². The van der Waals surface area contributed by atoms with Crippen LogP contribution in [-0.4, -0.2) is 45.3 Å². The molecule has 2 aliphatic heterocycles. The number of carbonyl (C=O) groups excluding carboxylic acids is 2. The number of methoxy groups -OCH3 is 1. The molecule has 0 saturated carbocycles. The molecule has 0 aromatic heterocycles. The van der Waals surface area contributed by atoms with Gasteiger partial charge < -0.3 is 10.1 Å². The molecule has 2 aliphatic rings. The fourth-order valence-electron chi connectivity index (χ4n) is 4.04. The van der Waals surface area contributed by atoms with Gasteiger partial charge in [-0.15, -0.1) is 12.4 Å². The number of nitrogens with one attached hydrogen (secondary N) is 1. The van der Waals surface area contributed by atoms with Crippen molar-refractivity contribution in [1.82, 2.24) is 5.32 Å². The molecule has 4 rings (SSSR count). The highest BCUT2D eigenvalue weighted by atomic mass is 35.5. The summed E-state index contributed by atoms with van der Waals surface area (Å²) in [5, 5.41) is 3.43. The van der Waals surface area contributed by atoms with Crippen LogP contribution in [0.4, 0.5) is 16.2 Å². The van der Waals surface area contributed by atoms with E-state index in [1.54, 1.807) is 0 Å². The minimum absolute atomic E-state index is 0. The highest BCUT2D eigenvalue weighted by Gasteiger charge is 2.31. The molecule has 2 aromatic carbocycles. The number of rotatable bonds is 5. The van der Waals surface area contributed by atoms with E-state index in [0.717, 1.165) is 42.9 Å². The lowest BCUT2D eigenvalue weighted by molar-refractivity contribution is -0.140. The molecule has 0 bridgehead atoms. The monoisotopic (exact) mass is 429 g/mol. The predicted molar refractivity (Wildman–Crippen MR) is 121 cm³/mol. The first kappa shape index (κ1) is 22.1. The zero-order valence-corrected chi connectivity index (χ0v) is 18.0. The Kier molecular flexibility index (Phi) is 7.34. The number of urea groups is 1. The van der Waals surface area contributed by atoms with E-state index in [1.165, 1.54) is 18.2 Å². The highest BCUT2D eigenvalue weighted by Crippen LogP contribution is 2.28. The van der Waals surface area contributed by atoms with E-state index in [-0.39, 0.29) is 24.4 Å². The van der Waals surface area contributed by atoms with Crippen molar-refractivity contribution in [1.29, 1.82) is 0 Å². The molecule has 1 saturated heterocycles. The van der Waals surface area contributed by atoms with E-state index in [1.807, 2.05) is 34.1 Å². The zero-order chi connectivity index (χ0) is 20.2. The molecule has 0 radical (unpaired) electrons. The van der Waals surface area contributed by atoms with Crippen LogP contribution in [0.25, 0.3) is 0 Å². The number of anilines is 2. The van der Waals surface area contributed by atoms with Crippen LogP contribution in [0.3, 0.4) is 0 Å². The number of hydrogen-bond donors (Lipinski definition) is 1. The number of ether oxygens (including phenoxy) is 1. The van der Waals surface area contributed by atoms with Gasteiger partial charge in [0.15, 0.2) is 0 Å². The number of hydrogen-bond acceptors (Lipinski definition) is 4. The normalized spacial score (nSPS) is 16.0. The third kappa shape index (κ3) is 4.77. The smallest absolute Gasteiger partial charge is 0.329 e. The summed E-state index contributed by atoms with van der Waals surface area (Å²) in [6, 6.07) is 14.3. The maximum Gasteiger partial charge on any atom is 0.329 e. The van der Waals surface area contributed by atoms with Crippen LogP contribution < -0.4 is 15.1 Å². The van der Waals surface area contributed by atoms with Gasteiger partial charge in [-0.25, -0.2) is 4.79 Å². The first-order chi connectivity index (χ1) is 14.2. The van der Waals surface area contributed by atoms with Crippen molar-refractivity contribution in [2.45, 2.75) is 25.7 Å². The van der Waals surface area contributed by atoms with E-state index < -0.39 is 0 Å². The standard InChI is InChI=1S/C23H27N3O3.ClH/c1-29-22(27)9-4-17-2-6-20(7-3-17)25-14-15-26(23(25)28)21-8-5-18-10-12-24-13-11-19(18)16-21;/h2-3,5-8,16,24H,4,9-15H2,1H3;1H. The summed E-state index contributed by atoms with van der Waals surface area (Å²) in [5.74, 6) is -0.212. The van der Waals surface area contributed by atoms with Gasteiger partial charge >= 0.3 is 12.0 Å². The van der Waals surface area contributed by atoms with Crippen molar-refractivity contribution in [3.63, 3.8) is 0 Å². The highest BCUT2D eigenvalue weighted by molar-refractivity contribution is 6.06. The van der Waals surface area contributed by atoms with E-state index in [2.05, 4.69) is 28.3 Å². The minimum atomic E-state index is -0.212. The van der Waals surface area contributed by atoms with E-state index in [9.17, 15) is 9.59 Å². The van der Waals surface area contributed by atoms with Crippen molar-refractivity contribution < 1.29 is 14.3 Å². The predicted octanol–water partition coefficient (Wildman–Crippen LogP) is 3.35. The van der Waals surface area contributed by atoms with Crippen LogP contribution in [0, 0.1) is 0 Å². The first-order valence-electron chi connectivity index (χ1n) is 10.2. The summed E-state index contributed by atoms with van der Waals surface area (Å²) in [5.41, 5.74) is 5.65. The Morgan fingerprint density at radius 1 is 0.967 bits per heavy atom. The molecule has 160 valence electrons. The lowest BCUT2D eigenvalue weighted by atomic mass is 10.0. The molecule has 0 unspecified atom stereocenters. The van der Waals surface area contributed by atoms with Gasteiger partial charge in [-0.2, -0.15) is 0 Å². The molecule has 0 atom stereocenters. The van der Waals surface area contributed by atoms with Gasteiger partial charge in [0.2, 0.25) is 0 Å². The molecule has 1 N–H and O–H groups in total. The molecule has 0 spiro atoms. The van der Waals surface area contributed by atoms with Gasteiger partial charge in [0.25, 0.3) is 0 Å².